The lowest BCUT2D eigenvalue weighted by Gasteiger charge is -2.11. The molecule has 0 fully saturated rings. The molecular weight excluding hydrogens is 388 g/mol. The van der Waals surface area contributed by atoms with Crippen LogP contribution in [0.1, 0.15) is 26.5 Å². The summed E-state index contributed by atoms with van der Waals surface area (Å²) in [5, 5.41) is 7.12. The Hall–Kier alpha value is -3.57. The zero-order valence-corrected chi connectivity index (χ0v) is 16.3. The number of benzene rings is 3. The van der Waals surface area contributed by atoms with Crippen LogP contribution in [0.4, 0.5) is 11.4 Å². The normalized spacial score (nSPS) is 10.7. The van der Waals surface area contributed by atoms with Crippen LogP contribution >= 0.6 is 11.6 Å². The molecule has 4 rings (SSSR count). The molecule has 0 bridgehead atoms. The summed E-state index contributed by atoms with van der Waals surface area (Å²) in [6.07, 6.45) is 0. The maximum Gasteiger partial charge on any atom is 0.291 e. The number of furan rings is 1. The van der Waals surface area contributed by atoms with E-state index in [0.717, 1.165) is 10.9 Å². The molecule has 0 unspecified atom stereocenters. The van der Waals surface area contributed by atoms with E-state index in [0.29, 0.717) is 27.5 Å². The van der Waals surface area contributed by atoms with Gasteiger partial charge in [-0.1, -0.05) is 29.8 Å². The number of hydrogen-bond donors (Lipinski definition) is 2. The first kappa shape index (κ1) is 18.8. The molecule has 5 nitrogen and oxygen atoms in total. The fourth-order valence-electron chi connectivity index (χ4n) is 2.96. The van der Waals surface area contributed by atoms with Gasteiger partial charge in [-0.15, -0.1) is 0 Å². The number of amides is 2. The van der Waals surface area contributed by atoms with Crippen molar-refractivity contribution < 1.29 is 14.0 Å². The lowest BCUT2D eigenvalue weighted by molar-refractivity contribution is 0.0996. The van der Waals surface area contributed by atoms with E-state index in [2.05, 4.69) is 10.6 Å². The number of halogens is 1. The van der Waals surface area contributed by atoms with Crippen molar-refractivity contribution in [1.82, 2.24) is 0 Å². The number of para-hydroxylation sites is 1. The SMILES string of the molecule is Cc1cc(NC(=O)c2ccc(Cl)cc2)ccc1NC(=O)c1cc2ccccc2o1. The molecule has 0 radical (unpaired) electrons. The Balaban J connectivity index is 1.47. The molecule has 29 heavy (non-hydrogen) atoms. The molecule has 0 aliphatic rings. The third-order valence-electron chi connectivity index (χ3n) is 4.49. The van der Waals surface area contributed by atoms with E-state index >= 15 is 0 Å². The first-order valence-electron chi connectivity index (χ1n) is 8.97. The standard InChI is InChI=1S/C23H17ClN2O3/c1-14-12-18(25-22(27)15-6-8-17(24)9-7-15)10-11-19(14)26-23(28)21-13-16-4-2-3-5-20(16)29-21/h2-13H,1H3,(H,25,27)(H,26,28). The molecule has 0 saturated heterocycles. The van der Waals surface area contributed by atoms with Gasteiger partial charge in [0, 0.05) is 27.3 Å². The minimum Gasteiger partial charge on any atom is -0.451 e. The summed E-state index contributed by atoms with van der Waals surface area (Å²) < 4.78 is 5.60. The minimum atomic E-state index is -0.331. The molecule has 0 atom stereocenters. The Morgan fingerprint density at radius 2 is 1.62 bits per heavy atom. The Morgan fingerprint density at radius 1 is 0.862 bits per heavy atom. The fourth-order valence-corrected chi connectivity index (χ4v) is 3.09. The number of rotatable bonds is 4. The van der Waals surface area contributed by atoms with Gasteiger partial charge >= 0.3 is 0 Å². The van der Waals surface area contributed by atoms with Crippen molar-refractivity contribution in [3.8, 4) is 0 Å². The highest BCUT2D eigenvalue weighted by Crippen LogP contribution is 2.23. The van der Waals surface area contributed by atoms with Crippen LogP contribution in [0, 0.1) is 6.92 Å². The summed E-state index contributed by atoms with van der Waals surface area (Å²) in [6.45, 7) is 1.85. The second-order valence-electron chi connectivity index (χ2n) is 6.59. The quantitative estimate of drug-likeness (QED) is 0.445. The van der Waals surface area contributed by atoms with Crippen LogP contribution in [0.3, 0.4) is 0 Å². The number of nitrogens with one attached hydrogen (secondary N) is 2. The molecule has 144 valence electrons. The van der Waals surface area contributed by atoms with E-state index in [-0.39, 0.29) is 17.6 Å². The highest BCUT2D eigenvalue weighted by atomic mass is 35.5. The summed E-state index contributed by atoms with van der Waals surface area (Å²) in [4.78, 5) is 24.9. The van der Waals surface area contributed by atoms with Gasteiger partial charge in [0.2, 0.25) is 0 Å². The first-order valence-corrected chi connectivity index (χ1v) is 9.35. The zero-order chi connectivity index (χ0) is 20.4. The van der Waals surface area contributed by atoms with Crippen LogP contribution in [-0.2, 0) is 0 Å². The van der Waals surface area contributed by atoms with Crippen LogP contribution in [0.5, 0.6) is 0 Å². The monoisotopic (exact) mass is 404 g/mol. The molecule has 6 heteroatoms. The highest BCUT2D eigenvalue weighted by molar-refractivity contribution is 6.30. The number of hydrogen-bond acceptors (Lipinski definition) is 3. The third-order valence-corrected chi connectivity index (χ3v) is 4.74. The summed E-state index contributed by atoms with van der Waals surface area (Å²) >= 11 is 5.85. The number of fused-ring (bicyclic) bond motifs is 1. The first-order chi connectivity index (χ1) is 14.0. The van der Waals surface area contributed by atoms with Crippen molar-refractivity contribution in [1.29, 1.82) is 0 Å². The maximum atomic E-state index is 12.5. The summed E-state index contributed by atoms with van der Waals surface area (Å²) in [6, 6.07) is 21.1. The van der Waals surface area contributed by atoms with Crippen molar-refractivity contribution in [2.75, 3.05) is 10.6 Å². The predicted molar refractivity (Wildman–Crippen MR) is 115 cm³/mol. The van der Waals surface area contributed by atoms with Gasteiger partial charge in [0.15, 0.2) is 5.76 Å². The summed E-state index contributed by atoms with van der Waals surface area (Å²) in [5.74, 6) is -0.326. The Kier molecular flexibility index (Phi) is 5.06. The molecule has 4 aromatic rings. The summed E-state index contributed by atoms with van der Waals surface area (Å²) in [5.41, 5.74) is 3.25. The van der Waals surface area contributed by atoms with Gasteiger partial charge in [-0.2, -0.15) is 0 Å². The molecule has 2 amide bonds. The van der Waals surface area contributed by atoms with Gasteiger partial charge in [-0.25, -0.2) is 0 Å². The van der Waals surface area contributed by atoms with Crippen molar-refractivity contribution in [3.05, 3.63) is 94.7 Å². The molecule has 0 aliphatic heterocycles. The molecule has 1 heterocycles. The van der Waals surface area contributed by atoms with E-state index in [9.17, 15) is 9.59 Å². The topological polar surface area (TPSA) is 71.3 Å². The van der Waals surface area contributed by atoms with Crippen LogP contribution in [0.25, 0.3) is 11.0 Å². The average Bonchev–Trinajstić information content (AvgIpc) is 3.15. The second kappa shape index (κ2) is 7.81. The molecule has 0 saturated carbocycles. The molecular formula is C23H17ClN2O3. The van der Waals surface area contributed by atoms with Gasteiger partial charge in [0.25, 0.3) is 11.8 Å². The summed E-state index contributed by atoms with van der Waals surface area (Å²) in [7, 11) is 0. The van der Waals surface area contributed by atoms with Gasteiger partial charge in [0.1, 0.15) is 5.58 Å². The predicted octanol–water partition coefficient (Wildman–Crippen LogP) is 5.90. The molecule has 0 aliphatic carbocycles. The van der Waals surface area contributed by atoms with Gasteiger partial charge in [-0.3, -0.25) is 9.59 Å². The molecule has 0 spiro atoms. The van der Waals surface area contributed by atoms with Gasteiger partial charge in [0.05, 0.1) is 0 Å². The smallest absolute Gasteiger partial charge is 0.291 e. The Labute approximate surface area is 172 Å². The minimum absolute atomic E-state index is 0.236. The lowest BCUT2D eigenvalue weighted by Crippen LogP contribution is -2.13. The zero-order valence-electron chi connectivity index (χ0n) is 15.5. The van der Waals surface area contributed by atoms with Crippen LogP contribution < -0.4 is 10.6 Å². The largest absolute Gasteiger partial charge is 0.451 e. The van der Waals surface area contributed by atoms with E-state index in [4.69, 9.17) is 16.0 Å². The van der Waals surface area contributed by atoms with E-state index in [1.165, 1.54) is 0 Å². The van der Waals surface area contributed by atoms with E-state index < -0.39 is 0 Å². The van der Waals surface area contributed by atoms with Crippen molar-refractivity contribution in [3.63, 3.8) is 0 Å². The Bertz CT molecular complexity index is 1180. The maximum absolute atomic E-state index is 12.5. The lowest BCUT2D eigenvalue weighted by atomic mass is 10.1. The van der Waals surface area contributed by atoms with E-state index in [1.54, 1.807) is 48.5 Å². The number of carbonyl (C=O) groups is 2. The van der Waals surface area contributed by atoms with Gasteiger partial charge in [-0.05, 0) is 67.1 Å². The number of anilines is 2. The van der Waals surface area contributed by atoms with Crippen LogP contribution in [0.2, 0.25) is 5.02 Å². The number of carbonyl (C=O) groups excluding carboxylic acids is 2. The molecule has 1 aromatic heterocycles. The second-order valence-corrected chi connectivity index (χ2v) is 7.03. The van der Waals surface area contributed by atoms with Crippen LogP contribution in [-0.4, -0.2) is 11.8 Å². The third kappa shape index (κ3) is 4.15. The fraction of sp³-hybridized carbons (Fsp3) is 0.0435. The average molecular weight is 405 g/mol. The van der Waals surface area contributed by atoms with Crippen molar-refractivity contribution in [2.24, 2.45) is 0 Å². The van der Waals surface area contributed by atoms with Crippen molar-refractivity contribution in [2.45, 2.75) is 6.92 Å². The van der Waals surface area contributed by atoms with E-state index in [1.807, 2.05) is 31.2 Å². The van der Waals surface area contributed by atoms with Gasteiger partial charge < -0.3 is 15.1 Å². The highest BCUT2D eigenvalue weighted by Gasteiger charge is 2.14. The molecule has 3 aromatic carbocycles. The Morgan fingerprint density at radius 3 is 2.34 bits per heavy atom. The van der Waals surface area contributed by atoms with Crippen LogP contribution in [0.15, 0.2) is 77.2 Å². The number of aryl methyl sites for hydroxylation is 1. The molecule has 2 N–H and O–H groups in total. The van der Waals surface area contributed by atoms with Crippen molar-refractivity contribution >= 4 is 45.8 Å².